The van der Waals surface area contributed by atoms with E-state index in [0.717, 1.165) is 18.8 Å². The second kappa shape index (κ2) is 4.99. The molecule has 0 heterocycles. The van der Waals surface area contributed by atoms with Crippen molar-refractivity contribution in [3.8, 4) is 0 Å². The van der Waals surface area contributed by atoms with Crippen molar-refractivity contribution in [3.63, 3.8) is 0 Å². The van der Waals surface area contributed by atoms with Gasteiger partial charge in [0.25, 0.3) is 0 Å². The summed E-state index contributed by atoms with van der Waals surface area (Å²) in [5, 5.41) is 10.1. The van der Waals surface area contributed by atoms with Gasteiger partial charge < -0.3 is 5.11 Å². The van der Waals surface area contributed by atoms with Crippen LogP contribution in [0.25, 0.3) is 0 Å². The van der Waals surface area contributed by atoms with E-state index in [0.29, 0.717) is 11.8 Å². The van der Waals surface area contributed by atoms with Crippen LogP contribution in [-0.4, -0.2) is 11.2 Å². The fourth-order valence-corrected chi connectivity index (χ4v) is 2.72. The average molecular weight is 184 g/mol. The van der Waals surface area contributed by atoms with Crippen LogP contribution in [0.3, 0.4) is 0 Å². The van der Waals surface area contributed by atoms with E-state index in [-0.39, 0.29) is 6.10 Å². The highest BCUT2D eigenvalue weighted by atomic mass is 16.3. The molecule has 0 aromatic heterocycles. The van der Waals surface area contributed by atoms with Crippen LogP contribution in [0.5, 0.6) is 0 Å². The van der Waals surface area contributed by atoms with Crippen molar-refractivity contribution in [2.75, 3.05) is 0 Å². The molecule has 1 nitrogen and oxygen atoms in total. The number of rotatable bonds is 4. The van der Waals surface area contributed by atoms with Gasteiger partial charge in [0.1, 0.15) is 0 Å². The van der Waals surface area contributed by atoms with Crippen LogP contribution in [-0.2, 0) is 0 Å². The van der Waals surface area contributed by atoms with Gasteiger partial charge in [0.2, 0.25) is 0 Å². The summed E-state index contributed by atoms with van der Waals surface area (Å²) in [7, 11) is 0. The lowest BCUT2D eigenvalue weighted by Crippen LogP contribution is -2.27. The smallest absolute Gasteiger partial charge is 0.0596 e. The monoisotopic (exact) mass is 184 g/mol. The molecule has 1 N–H and O–H groups in total. The second-order valence-electron chi connectivity index (χ2n) is 4.75. The van der Waals surface area contributed by atoms with Crippen LogP contribution in [0, 0.1) is 17.8 Å². The van der Waals surface area contributed by atoms with Gasteiger partial charge in [-0.15, -0.1) is 0 Å². The Hall–Kier alpha value is -0.0400. The first-order chi connectivity index (χ1) is 6.19. The Morgan fingerprint density at radius 1 is 1.23 bits per heavy atom. The first-order valence-electron chi connectivity index (χ1n) is 5.87. The van der Waals surface area contributed by atoms with Crippen LogP contribution in [0.15, 0.2) is 0 Å². The van der Waals surface area contributed by atoms with E-state index in [4.69, 9.17) is 0 Å². The number of hydrogen-bond acceptors (Lipinski definition) is 1. The first kappa shape index (κ1) is 11.0. The van der Waals surface area contributed by atoms with E-state index >= 15 is 0 Å². The summed E-state index contributed by atoms with van der Waals surface area (Å²) in [5.41, 5.74) is 0. The minimum Gasteiger partial charge on any atom is -0.393 e. The summed E-state index contributed by atoms with van der Waals surface area (Å²) in [6.07, 6.45) is 6.05. The normalized spacial score (nSPS) is 31.2. The molecule has 0 aromatic carbocycles. The highest BCUT2D eigenvalue weighted by Crippen LogP contribution is 2.36. The van der Waals surface area contributed by atoms with Gasteiger partial charge in [0.05, 0.1) is 6.10 Å². The summed E-state index contributed by atoms with van der Waals surface area (Å²) in [4.78, 5) is 0. The third-order valence-corrected chi connectivity index (χ3v) is 3.75. The summed E-state index contributed by atoms with van der Waals surface area (Å²) >= 11 is 0. The molecule has 1 aliphatic rings. The van der Waals surface area contributed by atoms with Gasteiger partial charge in [-0.3, -0.25) is 0 Å². The van der Waals surface area contributed by atoms with Gasteiger partial charge in [-0.05, 0) is 30.6 Å². The van der Waals surface area contributed by atoms with Crippen molar-refractivity contribution >= 4 is 0 Å². The van der Waals surface area contributed by atoms with Gasteiger partial charge in [0, 0.05) is 0 Å². The lowest BCUT2D eigenvalue weighted by Gasteiger charge is -2.25. The Morgan fingerprint density at radius 2 is 1.85 bits per heavy atom. The Balaban J connectivity index is 2.41. The molecule has 1 fully saturated rings. The summed E-state index contributed by atoms with van der Waals surface area (Å²) in [6.45, 7) is 6.69. The quantitative estimate of drug-likeness (QED) is 0.711. The predicted octanol–water partition coefficient (Wildman–Crippen LogP) is 3.22. The molecule has 1 saturated carbocycles. The van der Waals surface area contributed by atoms with Gasteiger partial charge in [-0.1, -0.05) is 40.0 Å². The maximum atomic E-state index is 10.1. The lowest BCUT2D eigenvalue weighted by atomic mass is 9.86. The van der Waals surface area contributed by atoms with E-state index in [2.05, 4.69) is 20.8 Å². The van der Waals surface area contributed by atoms with Crippen LogP contribution < -0.4 is 0 Å². The summed E-state index contributed by atoms with van der Waals surface area (Å²) in [5.74, 6) is 1.98. The topological polar surface area (TPSA) is 20.2 Å². The van der Waals surface area contributed by atoms with E-state index in [1.807, 2.05) is 0 Å². The molecule has 3 atom stereocenters. The van der Waals surface area contributed by atoms with Gasteiger partial charge in [0.15, 0.2) is 0 Å². The fraction of sp³-hybridized carbons (Fsp3) is 1.00. The Morgan fingerprint density at radius 3 is 2.23 bits per heavy atom. The first-order valence-corrected chi connectivity index (χ1v) is 5.87. The molecule has 0 bridgehead atoms. The molecule has 13 heavy (non-hydrogen) atoms. The zero-order chi connectivity index (χ0) is 9.84. The maximum Gasteiger partial charge on any atom is 0.0596 e. The molecule has 1 aliphatic carbocycles. The third-order valence-electron chi connectivity index (χ3n) is 3.75. The van der Waals surface area contributed by atoms with Crippen molar-refractivity contribution in [2.45, 2.75) is 59.0 Å². The Bertz CT molecular complexity index is 140. The minimum absolute atomic E-state index is 0.0278. The van der Waals surface area contributed by atoms with Crippen molar-refractivity contribution in [3.05, 3.63) is 0 Å². The third kappa shape index (κ3) is 2.70. The molecule has 0 saturated heterocycles. The molecular weight excluding hydrogens is 160 g/mol. The van der Waals surface area contributed by atoms with Crippen molar-refractivity contribution < 1.29 is 5.11 Å². The summed E-state index contributed by atoms with van der Waals surface area (Å²) in [6, 6.07) is 0. The van der Waals surface area contributed by atoms with Crippen molar-refractivity contribution in [2.24, 2.45) is 17.8 Å². The highest BCUT2D eigenvalue weighted by molar-refractivity contribution is 4.81. The van der Waals surface area contributed by atoms with E-state index in [1.54, 1.807) is 0 Å². The van der Waals surface area contributed by atoms with Crippen molar-refractivity contribution in [1.82, 2.24) is 0 Å². The summed E-state index contributed by atoms with van der Waals surface area (Å²) < 4.78 is 0. The molecule has 1 rings (SSSR count). The molecule has 3 unspecified atom stereocenters. The van der Waals surface area contributed by atoms with Crippen LogP contribution >= 0.6 is 0 Å². The lowest BCUT2D eigenvalue weighted by molar-refractivity contribution is 0.0475. The number of aliphatic hydroxyl groups is 1. The molecule has 0 aliphatic heterocycles. The molecule has 0 amide bonds. The predicted molar refractivity (Wildman–Crippen MR) is 56.6 cm³/mol. The molecule has 0 aromatic rings. The zero-order valence-electron chi connectivity index (χ0n) is 9.29. The van der Waals surface area contributed by atoms with E-state index in [9.17, 15) is 5.11 Å². The molecule has 0 spiro atoms. The SMILES string of the molecule is CCC(CC)C(O)C1CCC(C)C1. The minimum atomic E-state index is -0.0278. The van der Waals surface area contributed by atoms with Gasteiger partial charge in [-0.25, -0.2) is 0 Å². The average Bonchev–Trinajstić information content (AvgIpc) is 2.54. The zero-order valence-corrected chi connectivity index (χ0v) is 9.29. The van der Waals surface area contributed by atoms with Gasteiger partial charge >= 0.3 is 0 Å². The number of aliphatic hydroxyl groups excluding tert-OH is 1. The van der Waals surface area contributed by atoms with E-state index < -0.39 is 0 Å². The van der Waals surface area contributed by atoms with Crippen LogP contribution in [0.4, 0.5) is 0 Å². The second-order valence-corrected chi connectivity index (χ2v) is 4.75. The molecule has 0 radical (unpaired) electrons. The Labute approximate surface area is 82.5 Å². The van der Waals surface area contributed by atoms with Crippen LogP contribution in [0.1, 0.15) is 52.9 Å². The fourth-order valence-electron chi connectivity index (χ4n) is 2.72. The van der Waals surface area contributed by atoms with Gasteiger partial charge in [-0.2, -0.15) is 0 Å². The Kier molecular flexibility index (Phi) is 4.24. The number of hydrogen-bond donors (Lipinski definition) is 1. The standard InChI is InChI=1S/C12H24O/c1-4-10(5-2)12(13)11-7-6-9(3)8-11/h9-13H,4-8H2,1-3H3. The molecule has 1 heteroatoms. The maximum absolute atomic E-state index is 10.1. The van der Waals surface area contributed by atoms with Crippen molar-refractivity contribution in [1.29, 1.82) is 0 Å². The molecular formula is C12H24O. The largest absolute Gasteiger partial charge is 0.393 e. The van der Waals surface area contributed by atoms with Crippen LogP contribution in [0.2, 0.25) is 0 Å². The highest BCUT2D eigenvalue weighted by Gasteiger charge is 2.30. The van der Waals surface area contributed by atoms with E-state index in [1.165, 1.54) is 19.3 Å². The molecule has 78 valence electrons.